The molecule has 1 N–H and O–H groups in total. The van der Waals surface area contributed by atoms with E-state index in [1.54, 1.807) is 24.3 Å². The first-order valence-corrected chi connectivity index (χ1v) is 6.10. The highest BCUT2D eigenvalue weighted by Gasteiger charge is 2.13. The fraction of sp³-hybridized carbons (Fsp3) is 0.286. The van der Waals surface area contributed by atoms with E-state index in [1.807, 2.05) is 19.9 Å². The second-order valence-electron chi connectivity index (χ2n) is 4.32. The highest BCUT2D eigenvalue weighted by molar-refractivity contribution is 5.96. The molecular weight excluding hydrogens is 244 g/mol. The van der Waals surface area contributed by atoms with Gasteiger partial charge < -0.3 is 14.6 Å². The number of para-hydroxylation sites is 1. The van der Waals surface area contributed by atoms with Gasteiger partial charge in [0.15, 0.2) is 5.76 Å². The van der Waals surface area contributed by atoms with E-state index in [0.29, 0.717) is 23.6 Å². The molecule has 0 saturated carbocycles. The zero-order valence-electron chi connectivity index (χ0n) is 10.9. The quantitative estimate of drug-likeness (QED) is 0.896. The van der Waals surface area contributed by atoms with Crippen LogP contribution >= 0.6 is 0 Å². The van der Waals surface area contributed by atoms with Gasteiger partial charge in [0.1, 0.15) is 5.75 Å². The first-order chi connectivity index (χ1) is 9.16. The van der Waals surface area contributed by atoms with E-state index >= 15 is 0 Å². The Balaban J connectivity index is 2.06. The third kappa shape index (κ3) is 3.58. The molecule has 0 spiro atoms. The molecule has 0 aliphatic carbocycles. The molecule has 2 aromatic rings. The fourth-order valence-electron chi connectivity index (χ4n) is 1.61. The topological polar surface area (TPSA) is 64.4 Å². The molecule has 0 atom stereocenters. The SMILES string of the molecule is CC(C)Oc1ccccc1C(=O)NCc1ccno1. The predicted molar refractivity (Wildman–Crippen MR) is 69.9 cm³/mol. The van der Waals surface area contributed by atoms with Crippen LogP contribution in [0.15, 0.2) is 41.1 Å². The zero-order chi connectivity index (χ0) is 13.7. The Bertz CT molecular complexity index is 535. The van der Waals surface area contributed by atoms with Crippen LogP contribution < -0.4 is 10.1 Å². The van der Waals surface area contributed by atoms with Gasteiger partial charge in [-0.3, -0.25) is 4.79 Å². The van der Waals surface area contributed by atoms with Crippen LogP contribution in [-0.4, -0.2) is 17.2 Å². The number of carbonyl (C=O) groups excluding carboxylic acids is 1. The third-order valence-corrected chi connectivity index (χ3v) is 2.41. The summed E-state index contributed by atoms with van der Waals surface area (Å²) < 4.78 is 10.5. The number of nitrogens with one attached hydrogen (secondary N) is 1. The summed E-state index contributed by atoms with van der Waals surface area (Å²) in [7, 11) is 0. The van der Waals surface area contributed by atoms with E-state index in [2.05, 4.69) is 10.5 Å². The lowest BCUT2D eigenvalue weighted by molar-refractivity contribution is 0.0941. The highest BCUT2D eigenvalue weighted by Crippen LogP contribution is 2.19. The standard InChI is InChI=1S/C14H16N2O3/c1-10(2)18-13-6-4-3-5-12(13)14(17)15-9-11-7-8-16-19-11/h3-8,10H,9H2,1-2H3,(H,15,17). The summed E-state index contributed by atoms with van der Waals surface area (Å²) in [5.41, 5.74) is 0.510. The van der Waals surface area contributed by atoms with Gasteiger partial charge in [0.2, 0.25) is 0 Å². The van der Waals surface area contributed by atoms with E-state index < -0.39 is 0 Å². The van der Waals surface area contributed by atoms with Crippen molar-refractivity contribution in [3.63, 3.8) is 0 Å². The molecule has 0 radical (unpaired) electrons. The van der Waals surface area contributed by atoms with Gasteiger partial charge in [-0.2, -0.15) is 0 Å². The third-order valence-electron chi connectivity index (χ3n) is 2.41. The van der Waals surface area contributed by atoms with Crippen molar-refractivity contribution in [1.82, 2.24) is 10.5 Å². The molecule has 0 saturated heterocycles. The van der Waals surface area contributed by atoms with Crippen molar-refractivity contribution < 1.29 is 14.1 Å². The molecule has 1 heterocycles. The van der Waals surface area contributed by atoms with Gasteiger partial charge in [0.05, 0.1) is 24.4 Å². The minimum Gasteiger partial charge on any atom is -0.490 e. The Kier molecular flexibility index (Phi) is 4.18. The summed E-state index contributed by atoms with van der Waals surface area (Å²) in [6.45, 7) is 4.14. The summed E-state index contributed by atoms with van der Waals surface area (Å²) >= 11 is 0. The number of hydrogen-bond donors (Lipinski definition) is 1. The van der Waals surface area contributed by atoms with Gasteiger partial charge >= 0.3 is 0 Å². The molecule has 19 heavy (non-hydrogen) atoms. The number of carbonyl (C=O) groups is 1. The smallest absolute Gasteiger partial charge is 0.255 e. The average Bonchev–Trinajstić information content (AvgIpc) is 2.89. The first kappa shape index (κ1) is 13.1. The summed E-state index contributed by atoms with van der Waals surface area (Å²) in [6.07, 6.45) is 1.56. The van der Waals surface area contributed by atoms with Gasteiger partial charge in [-0.1, -0.05) is 17.3 Å². The number of nitrogens with zero attached hydrogens (tertiary/aromatic N) is 1. The van der Waals surface area contributed by atoms with Gasteiger partial charge in [-0.25, -0.2) is 0 Å². The van der Waals surface area contributed by atoms with E-state index in [0.717, 1.165) is 0 Å². The minimum absolute atomic E-state index is 0.0169. The molecule has 2 rings (SSSR count). The maximum absolute atomic E-state index is 12.1. The van der Waals surface area contributed by atoms with Crippen LogP contribution in [0.4, 0.5) is 0 Å². The molecule has 100 valence electrons. The molecule has 0 aliphatic heterocycles. The number of aromatic nitrogens is 1. The van der Waals surface area contributed by atoms with Crippen molar-refractivity contribution in [2.45, 2.75) is 26.5 Å². The second-order valence-corrected chi connectivity index (χ2v) is 4.32. The molecule has 0 aliphatic rings. The average molecular weight is 260 g/mol. The van der Waals surface area contributed by atoms with Crippen LogP contribution in [0.2, 0.25) is 0 Å². The Labute approximate surface area is 111 Å². The van der Waals surface area contributed by atoms with Gasteiger partial charge in [-0.05, 0) is 26.0 Å². The predicted octanol–water partition coefficient (Wildman–Crippen LogP) is 2.39. The van der Waals surface area contributed by atoms with Crippen LogP contribution in [-0.2, 0) is 6.54 Å². The van der Waals surface area contributed by atoms with E-state index in [9.17, 15) is 4.79 Å². The molecule has 1 aromatic carbocycles. The maximum Gasteiger partial charge on any atom is 0.255 e. The van der Waals surface area contributed by atoms with Gasteiger partial charge in [0, 0.05) is 6.07 Å². The molecule has 5 heteroatoms. The number of rotatable bonds is 5. The Morgan fingerprint density at radius 1 is 1.37 bits per heavy atom. The van der Waals surface area contributed by atoms with Gasteiger partial charge in [0.25, 0.3) is 5.91 Å². The second kappa shape index (κ2) is 6.04. The summed E-state index contributed by atoms with van der Waals surface area (Å²) in [4.78, 5) is 12.1. The van der Waals surface area contributed by atoms with Crippen LogP contribution in [0, 0.1) is 0 Å². The zero-order valence-corrected chi connectivity index (χ0v) is 10.9. The summed E-state index contributed by atoms with van der Waals surface area (Å²) in [5.74, 6) is 0.982. The van der Waals surface area contributed by atoms with Crippen molar-refractivity contribution in [2.75, 3.05) is 0 Å². The Morgan fingerprint density at radius 3 is 2.84 bits per heavy atom. The van der Waals surface area contributed by atoms with Crippen LogP contribution in [0.3, 0.4) is 0 Å². The van der Waals surface area contributed by atoms with E-state index in [4.69, 9.17) is 9.26 Å². The first-order valence-electron chi connectivity index (χ1n) is 6.10. The van der Waals surface area contributed by atoms with Gasteiger partial charge in [-0.15, -0.1) is 0 Å². The largest absolute Gasteiger partial charge is 0.490 e. The van der Waals surface area contributed by atoms with Crippen LogP contribution in [0.1, 0.15) is 30.0 Å². The molecule has 1 amide bonds. The van der Waals surface area contributed by atoms with E-state index in [-0.39, 0.29) is 12.0 Å². The van der Waals surface area contributed by atoms with Crippen molar-refractivity contribution in [3.8, 4) is 5.75 Å². The molecule has 0 fully saturated rings. The monoisotopic (exact) mass is 260 g/mol. The number of benzene rings is 1. The van der Waals surface area contributed by atoms with E-state index in [1.165, 1.54) is 6.20 Å². The lowest BCUT2D eigenvalue weighted by atomic mass is 10.2. The number of hydrogen-bond acceptors (Lipinski definition) is 4. The minimum atomic E-state index is -0.201. The maximum atomic E-state index is 12.1. The summed E-state index contributed by atoms with van der Waals surface area (Å²) in [6, 6.07) is 8.86. The van der Waals surface area contributed by atoms with Crippen LogP contribution in [0.5, 0.6) is 5.75 Å². The fourth-order valence-corrected chi connectivity index (χ4v) is 1.61. The summed E-state index contributed by atoms with van der Waals surface area (Å²) in [5, 5.41) is 6.34. The van der Waals surface area contributed by atoms with Crippen LogP contribution in [0.25, 0.3) is 0 Å². The van der Waals surface area contributed by atoms with Crippen molar-refractivity contribution in [1.29, 1.82) is 0 Å². The van der Waals surface area contributed by atoms with Crippen molar-refractivity contribution >= 4 is 5.91 Å². The Hall–Kier alpha value is -2.30. The normalized spacial score (nSPS) is 10.5. The molecule has 0 bridgehead atoms. The molecule has 0 unspecified atom stereocenters. The van der Waals surface area contributed by atoms with Crippen molar-refractivity contribution in [2.24, 2.45) is 0 Å². The lowest BCUT2D eigenvalue weighted by Crippen LogP contribution is -2.23. The lowest BCUT2D eigenvalue weighted by Gasteiger charge is -2.13. The number of amides is 1. The molecule has 1 aromatic heterocycles. The highest BCUT2D eigenvalue weighted by atomic mass is 16.5. The Morgan fingerprint density at radius 2 is 2.16 bits per heavy atom. The molecule has 5 nitrogen and oxygen atoms in total. The van der Waals surface area contributed by atoms with Crippen molar-refractivity contribution in [3.05, 3.63) is 47.9 Å². The number of ether oxygens (including phenoxy) is 1. The molecular formula is C14H16N2O3.